The van der Waals surface area contributed by atoms with E-state index in [-0.39, 0.29) is 64.3 Å². The van der Waals surface area contributed by atoms with Gasteiger partial charge in [0.1, 0.15) is 5.75 Å². The molecule has 0 fully saturated rings. The number of hydrogen-bond acceptors (Lipinski definition) is 35. The lowest BCUT2D eigenvalue weighted by Gasteiger charge is -2.02. The number of carbonyl (C=O) groups is 5. The topological polar surface area (TPSA) is 904 Å². The van der Waals surface area contributed by atoms with Crippen LogP contribution in [-0.2, 0) is 51.1 Å². The van der Waals surface area contributed by atoms with Gasteiger partial charge in [0.2, 0.25) is 0 Å². The van der Waals surface area contributed by atoms with E-state index in [4.69, 9.17) is 180 Å². The summed E-state index contributed by atoms with van der Waals surface area (Å²) in [4.78, 5) is 51.4. The highest BCUT2D eigenvalue weighted by atomic mass is 16.5. The number of rotatable bonds is 46. The fourth-order valence-electron chi connectivity index (χ4n) is 5.66. The second-order valence-electron chi connectivity index (χ2n) is 21.5. The van der Waals surface area contributed by atoms with Gasteiger partial charge < -0.3 is 196 Å². The van der Waals surface area contributed by atoms with Gasteiger partial charge in [-0.25, -0.2) is 0 Å². The molecular formula is C72H171N23O18. The molecule has 0 atom stereocenters. The molecule has 0 aliphatic rings. The third-order valence-corrected chi connectivity index (χ3v) is 11.2. The Morgan fingerprint density at radius 2 is 0.637 bits per heavy atom. The molecule has 41 nitrogen and oxygen atoms in total. The Labute approximate surface area is 675 Å². The number of H-pyrrole nitrogens is 1. The Kier molecular flexibility index (Phi) is 181. The maximum atomic E-state index is 9.93. The average Bonchev–Trinajstić information content (AvgIpc) is 1.70. The van der Waals surface area contributed by atoms with Gasteiger partial charge in [0.05, 0.1) is 65.8 Å². The van der Waals surface area contributed by atoms with E-state index < -0.39 is 29.8 Å². The molecule has 0 aliphatic heterocycles. The van der Waals surface area contributed by atoms with Crippen LogP contribution in [0.3, 0.4) is 0 Å². The molecule has 682 valence electrons. The summed E-state index contributed by atoms with van der Waals surface area (Å²) in [6.07, 6.45) is 18.7. The predicted molar refractivity (Wildman–Crippen MR) is 461 cm³/mol. The van der Waals surface area contributed by atoms with E-state index in [0.29, 0.717) is 138 Å². The van der Waals surface area contributed by atoms with Gasteiger partial charge in [-0.1, -0.05) is 43.2 Å². The van der Waals surface area contributed by atoms with Crippen LogP contribution in [0.25, 0.3) is 10.9 Å². The molecule has 0 aliphatic carbocycles. The van der Waals surface area contributed by atoms with Gasteiger partial charge in [0.25, 0.3) is 0 Å². The molecule has 0 spiro atoms. The number of phenolic OH excluding ortho intramolecular Hbond substituents is 1. The lowest BCUT2D eigenvalue weighted by molar-refractivity contribution is -0.138. The van der Waals surface area contributed by atoms with Crippen LogP contribution < -0.4 is 126 Å². The number of phenols is 1. The summed E-state index contributed by atoms with van der Waals surface area (Å²) in [5.41, 5.74) is 115. The Bertz CT molecular complexity index is 2040. The molecule has 1 heterocycles. The first-order valence-electron chi connectivity index (χ1n) is 38.2. The number of ether oxygens (including phenoxy) is 3. The van der Waals surface area contributed by atoms with E-state index in [1.54, 1.807) is 24.3 Å². The minimum absolute atomic E-state index is 0.0694. The number of nitrogens with two attached hydrogens (primary N) is 22. The number of para-hydroxylation sites is 1. The van der Waals surface area contributed by atoms with Gasteiger partial charge in [-0.3, -0.25) is 24.0 Å². The zero-order chi connectivity index (χ0) is 89.7. The maximum Gasteiger partial charge on any atom is 0.317 e. The number of carboxylic acids is 5. The molecular weight excluding hydrogens is 1470 g/mol. The number of aliphatic hydroxyl groups is 4. The van der Waals surface area contributed by atoms with E-state index in [2.05, 4.69) is 34.7 Å². The van der Waals surface area contributed by atoms with Crippen molar-refractivity contribution in [2.45, 2.75) is 141 Å². The normalized spacial score (nSPS) is 9.05. The third kappa shape index (κ3) is 193. The summed E-state index contributed by atoms with van der Waals surface area (Å²) < 4.78 is 14.8. The van der Waals surface area contributed by atoms with Crippen molar-refractivity contribution in [2.24, 2.45) is 126 Å². The van der Waals surface area contributed by atoms with Crippen LogP contribution in [0, 0.1) is 0 Å². The molecule has 0 bridgehead atoms. The smallest absolute Gasteiger partial charge is 0.317 e. The van der Waals surface area contributed by atoms with Gasteiger partial charge in [-0.2, -0.15) is 0 Å². The van der Waals surface area contributed by atoms with Crippen LogP contribution in [0.1, 0.15) is 140 Å². The third-order valence-electron chi connectivity index (χ3n) is 11.2. The maximum absolute atomic E-state index is 9.93. The van der Waals surface area contributed by atoms with E-state index in [1.165, 1.54) is 29.9 Å². The highest BCUT2D eigenvalue weighted by Crippen LogP contribution is 2.17. The number of fused-ring (bicyclic) bond motifs is 1. The summed E-state index contributed by atoms with van der Waals surface area (Å²) in [5, 5.41) is 81.9. The molecule has 3 rings (SSSR count). The molecule has 0 radical (unpaired) electrons. The van der Waals surface area contributed by atoms with Crippen molar-refractivity contribution >= 4 is 40.7 Å². The van der Waals surface area contributed by atoms with E-state index in [1.807, 2.05) is 12.3 Å². The molecule has 113 heavy (non-hydrogen) atoms. The molecule has 0 saturated carbocycles. The summed E-state index contributed by atoms with van der Waals surface area (Å²) in [5.74, 6) is -3.74. The minimum atomic E-state index is -0.968. The number of carboxylic acid groups (broad SMARTS) is 5. The first kappa shape index (κ1) is 139. The van der Waals surface area contributed by atoms with Crippen LogP contribution in [-0.4, -0.2) is 290 Å². The molecule has 3 aromatic rings. The summed E-state index contributed by atoms with van der Waals surface area (Å²) in [6.45, 7) is 16.2. The number of aliphatic carboxylic acids is 5. The van der Waals surface area contributed by atoms with Crippen LogP contribution in [0.4, 0.5) is 0 Å². The lowest BCUT2D eigenvalue weighted by atomic mass is 10.1. The van der Waals surface area contributed by atoms with Gasteiger partial charge in [-0.05, 0) is 211 Å². The monoisotopic (exact) mass is 1650 g/mol. The summed E-state index contributed by atoms with van der Waals surface area (Å²) in [6, 6.07) is 15.1. The summed E-state index contributed by atoms with van der Waals surface area (Å²) in [7, 11) is 1.50. The van der Waals surface area contributed by atoms with E-state index >= 15 is 0 Å². The Balaban J connectivity index is -0.0000000777. The van der Waals surface area contributed by atoms with Crippen molar-refractivity contribution in [1.29, 1.82) is 0 Å². The molecule has 2 aromatic carbocycles. The molecule has 41 heteroatoms. The second-order valence-corrected chi connectivity index (χ2v) is 21.5. The van der Waals surface area contributed by atoms with E-state index in [9.17, 15) is 24.0 Å². The standard InChI is InChI=1S/C10H12N2.C7H9NO.C6H16N2O2.C6H13NO2.C5H14N2.C5H11NO2.C5H13NO.C4H12N2.C4H11NO2.C4H9NO2.C3H10N2.C3H7NO2.C3H9NO.C2H8N2.C2H5NO2.C2H7NO.CH5N/c11-6-5-8-7-12-10-4-2-1-3-9(8)10;8-5-6-1-3-7(9)4-2-6;7-1-3-9-5-6-10-4-2-8;7-5-3-1-2-4-6(8)9;6-4-2-1-3-5-7;6-4-2-1-3-5(7)8;6-4-2-1-3-5-7;5-3-1-2-4-6;5-1-3-7-4-2-6;5-3-1-2-4(6)7;4-2-1-3-5;4-2-1-3(5)6;4-2-1-3-5;3-1-2-4;3-1-2(4)5;3-1-2-4;1-2/h1-4,7,12H,5-6,11H2;1-4,9H,5,8H2;1-8H2;1-5,7H2,(H,8,9);1-7H2;1-4,6H2,(H,7,8);7H,1-6H2;1-6H2;6H,1-5H2;1-3,5H2,(H,6,7);1-5H2;1-2,4H2,(H,5,6);5H,1-4H2;1-4H2;1,3H2,(H,4,5);4H,1-3H2;2H2,1H3. The lowest BCUT2D eigenvalue weighted by Crippen LogP contribution is -2.14. The second kappa shape index (κ2) is 148. The first-order chi connectivity index (χ1) is 54.3. The van der Waals surface area contributed by atoms with Crippen molar-refractivity contribution in [3.05, 3.63) is 65.9 Å². The van der Waals surface area contributed by atoms with Gasteiger partial charge in [-0.15, -0.1) is 0 Å². The number of unbranched alkanes of at least 4 members (excludes halogenated alkanes) is 8. The fraction of sp³-hybridized carbons (Fsp3) is 0.736. The van der Waals surface area contributed by atoms with Crippen LogP contribution in [0.2, 0.25) is 0 Å². The number of benzene rings is 2. The molecule has 0 unspecified atom stereocenters. The molecule has 0 amide bonds. The SMILES string of the molecule is CN.NCC(=O)O.NCCC(=O)O.NCCCC(=O)O.NCCCCC(=O)O.NCCCCCC(=O)O.NCCCCCN.NCCCCCO.NCCCCN.NCCCN.NCCCO.NCCN.NCCO.NCCOCCO.NCCOCCOCCN.NCCc1c[nH]c2ccccc12.NCc1ccc(O)cc1. The number of aromatic amines is 1. The quantitative estimate of drug-likeness (QED) is 0.0237. The number of hydrogen-bond donors (Lipinski definition) is 33. The van der Waals surface area contributed by atoms with Crippen LogP contribution in [0.15, 0.2) is 54.7 Å². The average molecular weight is 1650 g/mol. The molecule has 1 aromatic heterocycles. The molecule has 55 N–H and O–H groups in total. The zero-order valence-electron chi connectivity index (χ0n) is 68.9. The predicted octanol–water partition coefficient (Wildman–Crippen LogP) is -4.64. The van der Waals surface area contributed by atoms with Crippen LogP contribution in [0.5, 0.6) is 5.75 Å². The number of aromatic hydroxyl groups is 1. The summed E-state index contributed by atoms with van der Waals surface area (Å²) >= 11 is 0. The van der Waals surface area contributed by atoms with Gasteiger partial charge >= 0.3 is 29.8 Å². The Morgan fingerprint density at radius 3 is 0.903 bits per heavy atom. The number of aromatic nitrogens is 1. The largest absolute Gasteiger partial charge is 0.508 e. The van der Waals surface area contributed by atoms with Crippen molar-refractivity contribution < 1.29 is 89.2 Å². The zero-order valence-corrected chi connectivity index (χ0v) is 68.9. The minimum Gasteiger partial charge on any atom is -0.508 e. The first-order valence-corrected chi connectivity index (χ1v) is 38.2. The number of nitrogens with one attached hydrogen (secondary N) is 1. The fourth-order valence-corrected chi connectivity index (χ4v) is 5.66. The van der Waals surface area contributed by atoms with Crippen molar-refractivity contribution in [2.75, 3.05) is 204 Å². The number of aliphatic hydroxyl groups excluding tert-OH is 4. The van der Waals surface area contributed by atoms with Gasteiger partial charge in [0, 0.05) is 102 Å². The van der Waals surface area contributed by atoms with Crippen molar-refractivity contribution in [3.8, 4) is 5.75 Å². The molecule has 0 saturated heterocycles. The van der Waals surface area contributed by atoms with Crippen molar-refractivity contribution in [1.82, 2.24) is 4.98 Å². The van der Waals surface area contributed by atoms with Crippen LogP contribution >= 0.6 is 0 Å². The van der Waals surface area contributed by atoms with E-state index in [0.717, 1.165) is 141 Å². The Hall–Kier alpha value is -6.03. The highest BCUT2D eigenvalue weighted by molar-refractivity contribution is 5.83. The van der Waals surface area contributed by atoms with Gasteiger partial charge in [0.15, 0.2) is 0 Å². The highest BCUT2D eigenvalue weighted by Gasteiger charge is 2.01. The van der Waals surface area contributed by atoms with Crippen molar-refractivity contribution in [3.63, 3.8) is 0 Å². The Morgan fingerprint density at radius 1 is 0.310 bits per heavy atom.